The normalized spacial score (nSPS) is 19.5. The highest BCUT2D eigenvalue weighted by molar-refractivity contribution is 7.89. The molecular formula is C23H28N2O5S. The molecule has 2 fully saturated rings. The summed E-state index contributed by atoms with van der Waals surface area (Å²) in [4.78, 5) is 15.3. The van der Waals surface area contributed by atoms with E-state index in [2.05, 4.69) is 0 Å². The van der Waals surface area contributed by atoms with Crippen LogP contribution in [0.25, 0.3) is 0 Å². The summed E-state index contributed by atoms with van der Waals surface area (Å²) in [5, 5.41) is 0. The molecule has 0 aromatic heterocycles. The lowest BCUT2D eigenvalue weighted by molar-refractivity contribution is 0.0735. The van der Waals surface area contributed by atoms with Gasteiger partial charge >= 0.3 is 0 Å². The Balaban J connectivity index is 1.64. The molecule has 0 unspecified atom stereocenters. The number of carbonyl (C=O) groups is 1. The highest BCUT2D eigenvalue weighted by atomic mass is 32.2. The number of ether oxygens (including phenoxy) is 2. The van der Waals surface area contributed by atoms with Crippen molar-refractivity contribution in [3.8, 4) is 11.5 Å². The van der Waals surface area contributed by atoms with Crippen molar-refractivity contribution < 1.29 is 22.7 Å². The van der Waals surface area contributed by atoms with Crippen molar-refractivity contribution in [2.75, 3.05) is 33.9 Å². The molecule has 0 N–H and O–H groups in total. The largest absolute Gasteiger partial charge is 0.497 e. The van der Waals surface area contributed by atoms with E-state index in [1.165, 1.54) is 17.5 Å². The van der Waals surface area contributed by atoms with Crippen LogP contribution in [0.3, 0.4) is 0 Å². The monoisotopic (exact) mass is 444 g/mol. The molecule has 4 rings (SSSR count). The van der Waals surface area contributed by atoms with Gasteiger partial charge in [0.15, 0.2) is 0 Å². The number of amides is 1. The quantitative estimate of drug-likeness (QED) is 0.682. The van der Waals surface area contributed by atoms with E-state index in [0.717, 1.165) is 37.0 Å². The molecule has 0 spiro atoms. The van der Waals surface area contributed by atoms with Crippen LogP contribution in [0.5, 0.6) is 11.5 Å². The van der Waals surface area contributed by atoms with Crippen LogP contribution in [0, 0.1) is 0 Å². The van der Waals surface area contributed by atoms with Crippen molar-refractivity contribution in [3.05, 3.63) is 53.6 Å². The molecule has 2 heterocycles. The van der Waals surface area contributed by atoms with Crippen LogP contribution in [0.1, 0.15) is 47.6 Å². The molecule has 0 aliphatic carbocycles. The first-order valence-electron chi connectivity index (χ1n) is 10.6. The van der Waals surface area contributed by atoms with Gasteiger partial charge in [0.25, 0.3) is 5.91 Å². The summed E-state index contributed by atoms with van der Waals surface area (Å²) in [6, 6.07) is 12.4. The second kappa shape index (κ2) is 8.88. The molecule has 2 saturated heterocycles. The predicted octanol–water partition coefficient (Wildman–Crippen LogP) is 3.47. The maximum atomic E-state index is 13.4. The zero-order valence-corrected chi connectivity index (χ0v) is 18.7. The molecule has 7 nitrogen and oxygen atoms in total. The van der Waals surface area contributed by atoms with Gasteiger partial charge in [0.1, 0.15) is 16.4 Å². The lowest BCUT2D eigenvalue weighted by Crippen LogP contribution is -2.31. The molecule has 1 atom stereocenters. The fourth-order valence-corrected chi connectivity index (χ4v) is 6.13. The molecule has 2 aromatic carbocycles. The van der Waals surface area contributed by atoms with Gasteiger partial charge in [-0.05, 0) is 61.6 Å². The Morgan fingerprint density at radius 1 is 0.935 bits per heavy atom. The van der Waals surface area contributed by atoms with Gasteiger partial charge in [0.2, 0.25) is 10.0 Å². The van der Waals surface area contributed by atoms with Gasteiger partial charge < -0.3 is 14.4 Å². The number of hydrogen-bond acceptors (Lipinski definition) is 5. The van der Waals surface area contributed by atoms with E-state index in [4.69, 9.17) is 9.47 Å². The van der Waals surface area contributed by atoms with Crippen LogP contribution < -0.4 is 9.47 Å². The Morgan fingerprint density at radius 2 is 1.65 bits per heavy atom. The molecule has 0 radical (unpaired) electrons. The maximum absolute atomic E-state index is 13.4. The third-order valence-electron chi connectivity index (χ3n) is 6.11. The third kappa shape index (κ3) is 4.14. The summed E-state index contributed by atoms with van der Waals surface area (Å²) in [5.41, 5.74) is 1.41. The third-order valence-corrected chi connectivity index (χ3v) is 8.03. The van der Waals surface area contributed by atoms with Crippen LogP contribution >= 0.6 is 0 Å². The van der Waals surface area contributed by atoms with Gasteiger partial charge in [-0.15, -0.1) is 0 Å². The van der Waals surface area contributed by atoms with Crippen molar-refractivity contribution in [3.63, 3.8) is 0 Å². The summed E-state index contributed by atoms with van der Waals surface area (Å²) >= 11 is 0. The molecule has 8 heteroatoms. The predicted molar refractivity (Wildman–Crippen MR) is 117 cm³/mol. The lowest BCUT2D eigenvalue weighted by Gasteiger charge is -2.26. The van der Waals surface area contributed by atoms with Crippen LogP contribution in [0.15, 0.2) is 47.4 Å². The van der Waals surface area contributed by atoms with E-state index < -0.39 is 10.0 Å². The van der Waals surface area contributed by atoms with Crippen molar-refractivity contribution in [1.82, 2.24) is 9.21 Å². The molecule has 2 aromatic rings. The molecule has 0 bridgehead atoms. The molecule has 2 aliphatic heterocycles. The molecule has 166 valence electrons. The molecule has 0 saturated carbocycles. The average Bonchev–Trinajstić information content (AvgIpc) is 3.51. The van der Waals surface area contributed by atoms with E-state index in [-0.39, 0.29) is 22.6 Å². The summed E-state index contributed by atoms with van der Waals surface area (Å²) in [6.45, 7) is 1.63. The van der Waals surface area contributed by atoms with E-state index in [9.17, 15) is 13.2 Å². The van der Waals surface area contributed by atoms with Gasteiger partial charge in [-0.3, -0.25) is 4.79 Å². The van der Waals surface area contributed by atoms with Gasteiger partial charge in [-0.1, -0.05) is 12.1 Å². The van der Waals surface area contributed by atoms with E-state index in [1.807, 2.05) is 29.2 Å². The number of carbonyl (C=O) groups excluding carboxylic acids is 1. The van der Waals surface area contributed by atoms with Gasteiger partial charge in [-0.2, -0.15) is 4.31 Å². The summed E-state index contributed by atoms with van der Waals surface area (Å²) < 4.78 is 38.4. The minimum absolute atomic E-state index is 0.0425. The van der Waals surface area contributed by atoms with Crippen molar-refractivity contribution in [1.29, 1.82) is 0 Å². The molecular weight excluding hydrogens is 416 g/mol. The highest BCUT2D eigenvalue weighted by Crippen LogP contribution is 2.35. The number of benzene rings is 2. The van der Waals surface area contributed by atoms with Crippen molar-refractivity contribution in [2.24, 2.45) is 0 Å². The fraction of sp³-hybridized carbons (Fsp3) is 0.435. The standard InChI is InChI=1S/C23H28N2O5S/c1-29-19-10-7-17(8-11-19)20-6-5-15-25(20)23(26)18-9-12-21(30-2)22(16-18)31(27,28)24-13-3-4-14-24/h7-12,16,20H,3-6,13-15H2,1-2H3/t20-/m1/s1. The Bertz CT molecular complexity index is 1050. The second-order valence-electron chi connectivity index (χ2n) is 7.91. The molecule has 31 heavy (non-hydrogen) atoms. The fourth-order valence-electron chi connectivity index (χ4n) is 4.43. The summed E-state index contributed by atoms with van der Waals surface area (Å²) in [7, 11) is -0.643. The first kappa shape index (κ1) is 21.6. The maximum Gasteiger partial charge on any atom is 0.254 e. The van der Waals surface area contributed by atoms with Gasteiger partial charge in [-0.25, -0.2) is 8.42 Å². The van der Waals surface area contributed by atoms with Gasteiger partial charge in [0.05, 0.1) is 20.3 Å². The topological polar surface area (TPSA) is 76.1 Å². The van der Waals surface area contributed by atoms with Crippen LogP contribution in [-0.4, -0.2) is 57.4 Å². The number of hydrogen-bond donors (Lipinski definition) is 0. The van der Waals surface area contributed by atoms with E-state index in [1.54, 1.807) is 19.2 Å². The van der Waals surface area contributed by atoms with Crippen LogP contribution in [0.2, 0.25) is 0 Å². The molecule has 1 amide bonds. The van der Waals surface area contributed by atoms with E-state index in [0.29, 0.717) is 25.2 Å². The number of rotatable bonds is 6. The Kier molecular flexibility index (Phi) is 6.20. The number of likely N-dealkylation sites (tertiary alicyclic amines) is 1. The first-order chi connectivity index (χ1) is 15.0. The number of sulfonamides is 1. The minimum atomic E-state index is -3.71. The van der Waals surface area contributed by atoms with Crippen LogP contribution in [0.4, 0.5) is 0 Å². The zero-order chi connectivity index (χ0) is 22.0. The Hall–Kier alpha value is -2.58. The minimum Gasteiger partial charge on any atom is -0.497 e. The SMILES string of the molecule is COc1ccc([C@H]2CCCN2C(=O)c2ccc(OC)c(S(=O)(=O)N3CCCC3)c2)cc1. The van der Waals surface area contributed by atoms with Gasteiger partial charge in [0, 0.05) is 25.2 Å². The highest BCUT2D eigenvalue weighted by Gasteiger charge is 2.34. The first-order valence-corrected chi connectivity index (χ1v) is 12.0. The summed E-state index contributed by atoms with van der Waals surface area (Å²) in [5.74, 6) is 0.863. The molecule has 2 aliphatic rings. The Labute approximate surface area is 183 Å². The van der Waals surface area contributed by atoms with Crippen molar-refractivity contribution >= 4 is 15.9 Å². The number of nitrogens with zero attached hydrogens (tertiary/aromatic N) is 2. The average molecular weight is 445 g/mol. The zero-order valence-electron chi connectivity index (χ0n) is 17.9. The second-order valence-corrected chi connectivity index (χ2v) is 9.81. The van der Waals surface area contributed by atoms with E-state index >= 15 is 0 Å². The Morgan fingerprint density at radius 3 is 2.29 bits per heavy atom. The smallest absolute Gasteiger partial charge is 0.254 e. The lowest BCUT2D eigenvalue weighted by atomic mass is 10.0. The summed E-state index contributed by atoms with van der Waals surface area (Å²) in [6.07, 6.45) is 3.46. The number of methoxy groups -OCH3 is 2. The van der Waals surface area contributed by atoms with Crippen LogP contribution in [-0.2, 0) is 10.0 Å². The van der Waals surface area contributed by atoms with Crippen molar-refractivity contribution in [2.45, 2.75) is 36.6 Å².